The molecular weight excluding hydrogens is 370 g/mol. The maximum Gasteiger partial charge on any atom is 0.257 e. The third-order valence-electron chi connectivity index (χ3n) is 6.39. The van der Waals surface area contributed by atoms with E-state index in [1.807, 2.05) is 17.8 Å². The van der Waals surface area contributed by atoms with Crippen LogP contribution in [0.2, 0.25) is 0 Å². The molecule has 3 aliphatic heterocycles. The summed E-state index contributed by atoms with van der Waals surface area (Å²) in [5, 5.41) is 13.8. The highest BCUT2D eigenvalue weighted by Crippen LogP contribution is 2.41. The predicted octanol–water partition coefficient (Wildman–Crippen LogP) is 3.05. The molecule has 29 heavy (non-hydrogen) atoms. The highest BCUT2D eigenvalue weighted by molar-refractivity contribution is 5.79. The smallest absolute Gasteiger partial charge is 0.257 e. The molecule has 4 bridgehead atoms. The molecule has 9 heteroatoms. The van der Waals surface area contributed by atoms with Crippen molar-refractivity contribution in [2.24, 2.45) is 0 Å². The Morgan fingerprint density at radius 3 is 2.79 bits per heavy atom. The second-order valence-electron chi connectivity index (χ2n) is 8.36. The van der Waals surface area contributed by atoms with Crippen LogP contribution >= 0.6 is 0 Å². The van der Waals surface area contributed by atoms with E-state index in [-0.39, 0.29) is 0 Å². The van der Waals surface area contributed by atoms with Crippen LogP contribution < -0.4 is 10.1 Å². The summed E-state index contributed by atoms with van der Waals surface area (Å²) in [6.45, 7) is 5.41. The molecule has 3 aromatic rings. The molecule has 2 saturated heterocycles. The summed E-state index contributed by atoms with van der Waals surface area (Å²) >= 11 is 0. The summed E-state index contributed by atoms with van der Waals surface area (Å²) in [5.41, 5.74) is 3.71. The fraction of sp³-hybridized carbons (Fsp3) is 0.600. The Labute approximate surface area is 168 Å². The highest BCUT2D eigenvalue weighted by Gasteiger charge is 2.37. The number of aryl methyl sites for hydroxylation is 2. The van der Waals surface area contributed by atoms with Crippen molar-refractivity contribution in [2.75, 3.05) is 11.9 Å². The molecule has 0 radical (unpaired) electrons. The van der Waals surface area contributed by atoms with Gasteiger partial charge in [0, 0.05) is 19.2 Å². The number of nitrogens with one attached hydrogen (secondary N) is 1. The van der Waals surface area contributed by atoms with Crippen molar-refractivity contribution in [1.29, 1.82) is 0 Å². The average Bonchev–Trinajstić information content (AvgIpc) is 3.33. The lowest BCUT2D eigenvalue weighted by Crippen LogP contribution is -2.28. The van der Waals surface area contributed by atoms with Crippen molar-refractivity contribution >= 4 is 22.7 Å². The van der Waals surface area contributed by atoms with E-state index < -0.39 is 0 Å². The lowest BCUT2D eigenvalue weighted by atomic mass is 10.0. The third kappa shape index (κ3) is 2.78. The molecule has 0 saturated carbocycles. The minimum atomic E-state index is 0.347. The van der Waals surface area contributed by atoms with Crippen molar-refractivity contribution in [3.8, 4) is 5.88 Å². The van der Waals surface area contributed by atoms with Gasteiger partial charge in [-0.15, -0.1) is 5.10 Å². The molecule has 1 N–H and O–H groups in total. The first-order valence-electron chi connectivity index (χ1n) is 10.5. The van der Waals surface area contributed by atoms with Crippen LogP contribution in [-0.4, -0.2) is 48.3 Å². The second kappa shape index (κ2) is 6.41. The molecule has 2 fully saturated rings. The van der Waals surface area contributed by atoms with E-state index in [0.29, 0.717) is 36.7 Å². The molecule has 1 unspecified atom stereocenters. The summed E-state index contributed by atoms with van der Waals surface area (Å²) < 4.78 is 16.2. The normalized spacial score (nSPS) is 26.1. The van der Waals surface area contributed by atoms with Crippen LogP contribution in [-0.2, 0) is 11.3 Å². The summed E-state index contributed by atoms with van der Waals surface area (Å²) in [7, 11) is 0. The van der Waals surface area contributed by atoms with E-state index in [1.165, 1.54) is 0 Å². The van der Waals surface area contributed by atoms with Crippen LogP contribution in [0.15, 0.2) is 6.20 Å². The first-order chi connectivity index (χ1) is 14.2. The van der Waals surface area contributed by atoms with Crippen LogP contribution in [0, 0.1) is 13.8 Å². The molecule has 3 aromatic heterocycles. The van der Waals surface area contributed by atoms with Gasteiger partial charge in [-0.3, -0.25) is 4.68 Å². The van der Waals surface area contributed by atoms with Crippen LogP contribution in [0.1, 0.15) is 49.5 Å². The quantitative estimate of drug-likeness (QED) is 0.677. The molecule has 3 aliphatic rings. The van der Waals surface area contributed by atoms with E-state index in [9.17, 15) is 0 Å². The van der Waals surface area contributed by atoms with Gasteiger partial charge in [0.25, 0.3) is 5.88 Å². The number of ether oxygens (including phenoxy) is 2. The van der Waals surface area contributed by atoms with Gasteiger partial charge in [-0.2, -0.15) is 10.1 Å². The Morgan fingerprint density at radius 2 is 1.97 bits per heavy atom. The minimum Gasteiger partial charge on any atom is -0.475 e. The van der Waals surface area contributed by atoms with E-state index >= 15 is 0 Å². The van der Waals surface area contributed by atoms with Gasteiger partial charge in [0.05, 0.1) is 41.6 Å². The maximum absolute atomic E-state index is 6.10. The number of fused-ring (bicyclic) bond motifs is 4. The van der Waals surface area contributed by atoms with Gasteiger partial charge in [0.15, 0.2) is 5.65 Å². The predicted molar refractivity (Wildman–Crippen MR) is 107 cm³/mol. The molecular formula is C20H25N7O2. The molecule has 0 aromatic carbocycles. The first-order valence-corrected chi connectivity index (χ1v) is 10.5. The summed E-state index contributed by atoms with van der Waals surface area (Å²) in [6.07, 6.45) is 7.76. The molecule has 0 spiro atoms. The van der Waals surface area contributed by atoms with E-state index in [0.717, 1.165) is 66.8 Å². The SMILES string of the molecule is Cc1nn2c3nc(ncc13)Nc1c(nn(C3C[C@H]4CC[C@@H](C3)O4)c1C)OCCC2. The van der Waals surface area contributed by atoms with Crippen molar-refractivity contribution in [2.45, 2.75) is 70.7 Å². The molecule has 152 valence electrons. The largest absolute Gasteiger partial charge is 0.475 e. The van der Waals surface area contributed by atoms with Gasteiger partial charge in [0.2, 0.25) is 5.95 Å². The summed E-state index contributed by atoms with van der Waals surface area (Å²) in [4.78, 5) is 9.26. The molecule has 6 rings (SSSR count). The second-order valence-corrected chi connectivity index (χ2v) is 8.36. The van der Waals surface area contributed by atoms with Crippen LogP contribution in [0.4, 0.5) is 11.6 Å². The Kier molecular flexibility index (Phi) is 3.80. The monoisotopic (exact) mass is 395 g/mol. The van der Waals surface area contributed by atoms with Crippen molar-refractivity contribution in [1.82, 2.24) is 29.5 Å². The number of nitrogens with zero attached hydrogens (tertiary/aromatic N) is 6. The zero-order chi connectivity index (χ0) is 19.5. The Bertz CT molecular complexity index is 1080. The lowest BCUT2D eigenvalue weighted by Gasteiger charge is -2.29. The van der Waals surface area contributed by atoms with Gasteiger partial charge in [-0.1, -0.05) is 0 Å². The molecule has 6 heterocycles. The van der Waals surface area contributed by atoms with Crippen molar-refractivity contribution < 1.29 is 9.47 Å². The van der Waals surface area contributed by atoms with E-state index in [4.69, 9.17) is 19.6 Å². The number of rotatable bonds is 1. The summed E-state index contributed by atoms with van der Waals surface area (Å²) in [5.74, 6) is 1.17. The van der Waals surface area contributed by atoms with Crippen LogP contribution in [0.25, 0.3) is 11.0 Å². The zero-order valence-electron chi connectivity index (χ0n) is 16.8. The van der Waals surface area contributed by atoms with Gasteiger partial charge >= 0.3 is 0 Å². The van der Waals surface area contributed by atoms with E-state index in [2.05, 4.69) is 27.0 Å². The number of hydrogen-bond acceptors (Lipinski definition) is 7. The highest BCUT2D eigenvalue weighted by atomic mass is 16.5. The van der Waals surface area contributed by atoms with Gasteiger partial charge in [-0.05, 0) is 39.5 Å². The Balaban J connectivity index is 1.40. The third-order valence-corrected chi connectivity index (χ3v) is 6.39. The topological polar surface area (TPSA) is 91.9 Å². The number of aromatic nitrogens is 6. The molecule has 0 aliphatic carbocycles. The molecule has 9 nitrogen and oxygen atoms in total. The molecule has 0 amide bonds. The van der Waals surface area contributed by atoms with Crippen LogP contribution in [0.5, 0.6) is 5.88 Å². The number of hydrogen-bond donors (Lipinski definition) is 1. The Morgan fingerprint density at radius 1 is 1.14 bits per heavy atom. The zero-order valence-corrected chi connectivity index (χ0v) is 16.8. The van der Waals surface area contributed by atoms with Crippen LogP contribution in [0.3, 0.4) is 0 Å². The van der Waals surface area contributed by atoms with Gasteiger partial charge in [0.1, 0.15) is 5.69 Å². The average molecular weight is 395 g/mol. The Hall–Kier alpha value is -2.68. The lowest BCUT2D eigenvalue weighted by molar-refractivity contribution is -0.0186. The maximum atomic E-state index is 6.10. The molecule has 3 atom stereocenters. The van der Waals surface area contributed by atoms with Crippen molar-refractivity contribution in [3.05, 3.63) is 17.6 Å². The van der Waals surface area contributed by atoms with Crippen molar-refractivity contribution in [3.63, 3.8) is 0 Å². The first kappa shape index (κ1) is 17.2. The van der Waals surface area contributed by atoms with Gasteiger partial charge < -0.3 is 14.8 Å². The summed E-state index contributed by atoms with van der Waals surface area (Å²) in [6, 6.07) is 0.347. The van der Waals surface area contributed by atoms with E-state index in [1.54, 1.807) is 0 Å². The standard InChI is InChI=1S/C20H25N7O2/c1-11-16-10-21-20-22-17-12(2)27(13-8-14-4-5-15(9-13)29-14)25-19(17)28-7-3-6-26(24-11)18(16)23-20/h10,13-15H,3-9H2,1-2H3,(H,21,22,23)/t13?,14-,15+. The fourth-order valence-corrected chi connectivity index (χ4v) is 4.94. The number of anilines is 2. The fourth-order valence-electron chi connectivity index (χ4n) is 4.94. The van der Waals surface area contributed by atoms with Gasteiger partial charge in [-0.25, -0.2) is 9.67 Å². The minimum absolute atomic E-state index is 0.347.